The summed E-state index contributed by atoms with van der Waals surface area (Å²) in [5, 5.41) is 15.3. The number of aliphatic hydroxyl groups excluding tert-OH is 1. The molecule has 1 heterocycles. The lowest BCUT2D eigenvalue weighted by molar-refractivity contribution is -0.113. The third kappa shape index (κ3) is 1.85. The van der Waals surface area contributed by atoms with Gasteiger partial charge in [-0.15, -0.1) is 4.91 Å². The molecule has 0 saturated carbocycles. The molecular weight excluding hydrogens is 188 g/mol. The molecule has 0 amide bonds. The number of carbonyl (C=O) groups excluding carboxylic acids is 1. The van der Waals surface area contributed by atoms with E-state index in [0.29, 0.717) is 5.76 Å². The number of rotatable bonds is 3. The van der Waals surface area contributed by atoms with Crippen molar-refractivity contribution >= 4 is 11.5 Å². The predicted octanol–water partition coefficient (Wildman–Crippen LogP) is 1.57. The van der Waals surface area contributed by atoms with E-state index in [1.165, 1.54) is 6.07 Å². The van der Waals surface area contributed by atoms with Crippen LogP contribution in [0.5, 0.6) is 0 Å². The largest absolute Gasteiger partial charge is 0.504 e. The highest BCUT2D eigenvalue weighted by atomic mass is 16.5. The van der Waals surface area contributed by atoms with Crippen molar-refractivity contribution in [3.05, 3.63) is 28.1 Å². The summed E-state index contributed by atoms with van der Waals surface area (Å²) in [6.07, 6.45) is 0. The second-order valence-corrected chi connectivity index (χ2v) is 2.67. The highest BCUT2D eigenvalue weighted by Gasteiger charge is 2.16. The van der Waals surface area contributed by atoms with Gasteiger partial charge < -0.3 is 9.63 Å². The number of Topliss-reactive ketones (excluding diaryl/α,β-unsaturated/α-hetero) is 1. The van der Waals surface area contributed by atoms with Crippen molar-refractivity contribution in [3.8, 4) is 0 Å². The van der Waals surface area contributed by atoms with Crippen LogP contribution in [-0.2, 0) is 4.79 Å². The van der Waals surface area contributed by atoms with Crippen molar-refractivity contribution in [2.45, 2.75) is 13.8 Å². The Bertz CT molecular complexity index is 405. The van der Waals surface area contributed by atoms with Crippen molar-refractivity contribution in [1.29, 1.82) is 0 Å². The number of carbonyl (C=O) groups is 1. The number of allylic oxidation sites excluding steroid dienone is 1. The minimum Gasteiger partial charge on any atom is -0.504 e. The van der Waals surface area contributed by atoms with E-state index < -0.39 is 17.2 Å². The second kappa shape index (κ2) is 3.82. The molecule has 0 unspecified atom stereocenters. The Hall–Kier alpha value is -1.98. The van der Waals surface area contributed by atoms with Crippen LogP contribution in [-0.4, -0.2) is 16.0 Å². The van der Waals surface area contributed by atoms with Crippen LogP contribution in [0.2, 0.25) is 0 Å². The average Bonchev–Trinajstić information content (AvgIpc) is 2.52. The number of aliphatic hydroxyl groups is 1. The van der Waals surface area contributed by atoms with Crippen molar-refractivity contribution < 1.29 is 14.4 Å². The first-order valence-corrected chi connectivity index (χ1v) is 3.77. The first-order chi connectivity index (χ1) is 6.56. The van der Waals surface area contributed by atoms with Gasteiger partial charge in [0.2, 0.25) is 0 Å². The van der Waals surface area contributed by atoms with E-state index in [1.807, 2.05) is 0 Å². The van der Waals surface area contributed by atoms with Gasteiger partial charge in [0.25, 0.3) is 0 Å². The summed E-state index contributed by atoms with van der Waals surface area (Å²) in [4.78, 5) is 21.0. The molecule has 1 N–H and O–H groups in total. The third-order valence-electron chi connectivity index (χ3n) is 1.52. The van der Waals surface area contributed by atoms with E-state index >= 15 is 0 Å². The number of aromatic nitrogens is 1. The summed E-state index contributed by atoms with van der Waals surface area (Å²) >= 11 is 0. The molecular formula is C8H8N2O4. The number of hydrogen-bond donors (Lipinski definition) is 1. The molecule has 6 nitrogen and oxygen atoms in total. The zero-order valence-corrected chi connectivity index (χ0v) is 7.64. The highest BCUT2D eigenvalue weighted by molar-refractivity contribution is 5.98. The first kappa shape index (κ1) is 10.1. The average molecular weight is 196 g/mol. The third-order valence-corrected chi connectivity index (χ3v) is 1.52. The van der Waals surface area contributed by atoms with E-state index in [9.17, 15) is 14.8 Å². The van der Waals surface area contributed by atoms with E-state index in [1.54, 1.807) is 6.92 Å². The Morgan fingerprint density at radius 1 is 1.64 bits per heavy atom. The van der Waals surface area contributed by atoms with Crippen molar-refractivity contribution in [3.63, 3.8) is 0 Å². The van der Waals surface area contributed by atoms with Crippen molar-refractivity contribution in [2.75, 3.05) is 0 Å². The molecule has 1 aromatic heterocycles. The van der Waals surface area contributed by atoms with Gasteiger partial charge in [0, 0.05) is 13.0 Å². The Labute approximate surface area is 79.2 Å². The quantitative estimate of drug-likeness (QED) is 0.450. The Morgan fingerprint density at radius 3 is 2.64 bits per heavy atom. The van der Waals surface area contributed by atoms with Gasteiger partial charge in [-0.05, 0) is 12.1 Å². The Balaban J connectivity index is 3.20. The second-order valence-electron chi connectivity index (χ2n) is 2.67. The van der Waals surface area contributed by atoms with Gasteiger partial charge in [0.15, 0.2) is 22.9 Å². The van der Waals surface area contributed by atoms with Gasteiger partial charge in [0.1, 0.15) is 5.76 Å². The molecule has 0 atom stereocenters. The number of hydrogen-bond acceptors (Lipinski definition) is 6. The van der Waals surface area contributed by atoms with Crippen LogP contribution in [0, 0.1) is 11.8 Å². The molecule has 14 heavy (non-hydrogen) atoms. The van der Waals surface area contributed by atoms with E-state index in [-0.39, 0.29) is 5.69 Å². The minimum absolute atomic E-state index is 0.0206. The lowest BCUT2D eigenvalue weighted by atomic mass is 10.2. The van der Waals surface area contributed by atoms with Gasteiger partial charge in [-0.3, -0.25) is 4.79 Å². The maximum Gasteiger partial charge on any atom is 0.194 e. The molecule has 1 aromatic rings. The smallest absolute Gasteiger partial charge is 0.194 e. The molecule has 0 aliphatic heterocycles. The molecule has 0 aromatic carbocycles. The van der Waals surface area contributed by atoms with Crippen LogP contribution >= 0.6 is 0 Å². The number of nitroso groups, excluding NO2 is 1. The van der Waals surface area contributed by atoms with Gasteiger partial charge in [0.05, 0.1) is 0 Å². The van der Waals surface area contributed by atoms with E-state index in [4.69, 9.17) is 0 Å². The molecule has 74 valence electrons. The summed E-state index contributed by atoms with van der Waals surface area (Å²) in [6.45, 7) is 2.74. The first-order valence-electron chi connectivity index (χ1n) is 3.77. The molecule has 1 rings (SSSR count). The number of nitrogens with zero attached hydrogens (tertiary/aromatic N) is 2. The molecule has 0 bridgehead atoms. The fraction of sp³-hybridized carbons (Fsp3) is 0.250. The van der Waals surface area contributed by atoms with Gasteiger partial charge in [-0.25, -0.2) is 0 Å². The monoisotopic (exact) mass is 196 g/mol. The van der Waals surface area contributed by atoms with Crippen LogP contribution in [0.3, 0.4) is 0 Å². The van der Waals surface area contributed by atoms with Crippen molar-refractivity contribution in [1.82, 2.24) is 5.16 Å². The normalized spacial score (nSPS) is 12.1. The summed E-state index contributed by atoms with van der Waals surface area (Å²) in [5.41, 5.74) is -0.536. The van der Waals surface area contributed by atoms with Gasteiger partial charge in [-0.1, -0.05) is 5.16 Å². The fourth-order valence-electron chi connectivity index (χ4n) is 0.874. The van der Waals surface area contributed by atoms with Crippen LogP contribution in [0.4, 0.5) is 0 Å². The fourth-order valence-corrected chi connectivity index (χ4v) is 0.874. The Kier molecular flexibility index (Phi) is 2.76. The Morgan fingerprint density at radius 2 is 2.29 bits per heavy atom. The SMILES string of the molecule is CC(=O)/C(N=O)=C(\O)c1cc(C)on1. The van der Waals surface area contributed by atoms with Crippen LogP contribution in [0.1, 0.15) is 18.4 Å². The molecule has 0 aliphatic rings. The van der Waals surface area contributed by atoms with Crippen LogP contribution in [0.25, 0.3) is 5.76 Å². The maximum atomic E-state index is 10.8. The van der Waals surface area contributed by atoms with E-state index in [2.05, 4.69) is 14.9 Å². The molecule has 0 spiro atoms. The zero-order valence-electron chi connectivity index (χ0n) is 7.64. The van der Waals surface area contributed by atoms with E-state index in [0.717, 1.165) is 6.92 Å². The number of aryl methyl sites for hydroxylation is 1. The standard InChI is InChI=1S/C8H8N2O4/c1-4-3-6(10-14-4)8(12)7(9-13)5(2)11/h3,12H,1-2H3/b8-7+. The lowest BCUT2D eigenvalue weighted by Gasteiger charge is -1.94. The zero-order chi connectivity index (χ0) is 10.7. The maximum absolute atomic E-state index is 10.8. The molecule has 6 heteroatoms. The molecule has 0 fully saturated rings. The summed E-state index contributed by atoms with van der Waals surface area (Å²) in [5.74, 6) is -0.733. The van der Waals surface area contributed by atoms with Gasteiger partial charge in [-0.2, -0.15) is 0 Å². The van der Waals surface area contributed by atoms with Crippen LogP contribution < -0.4 is 0 Å². The summed E-state index contributed by atoms with van der Waals surface area (Å²) in [7, 11) is 0. The minimum atomic E-state index is -0.627. The summed E-state index contributed by atoms with van der Waals surface area (Å²) in [6, 6.07) is 1.39. The highest BCUT2D eigenvalue weighted by Crippen LogP contribution is 2.16. The van der Waals surface area contributed by atoms with Gasteiger partial charge >= 0.3 is 0 Å². The molecule has 0 saturated heterocycles. The molecule has 0 radical (unpaired) electrons. The number of ketones is 1. The van der Waals surface area contributed by atoms with Crippen LogP contribution in [0.15, 0.2) is 21.5 Å². The summed E-state index contributed by atoms with van der Waals surface area (Å²) < 4.78 is 4.66. The topological polar surface area (TPSA) is 92.8 Å². The predicted molar refractivity (Wildman–Crippen MR) is 47.3 cm³/mol. The molecule has 0 aliphatic carbocycles. The van der Waals surface area contributed by atoms with Crippen molar-refractivity contribution in [2.24, 2.45) is 5.18 Å². The lowest BCUT2D eigenvalue weighted by Crippen LogP contribution is -1.98.